The average molecular weight is 263 g/mol. The normalized spacial score (nSPS) is 12.2. The monoisotopic (exact) mass is 263 g/mol. The molecule has 0 fully saturated rings. The molecule has 0 aliphatic heterocycles. The molecule has 0 aliphatic rings. The highest BCUT2D eigenvalue weighted by molar-refractivity contribution is 5.97. The fourth-order valence-corrected chi connectivity index (χ4v) is 1.94. The van der Waals surface area contributed by atoms with Crippen molar-refractivity contribution in [3.63, 3.8) is 0 Å². The number of aryl methyl sites for hydroxylation is 1. The number of amidine groups is 1. The summed E-state index contributed by atoms with van der Waals surface area (Å²) in [5.41, 5.74) is 6.99. The first-order valence-corrected chi connectivity index (χ1v) is 7.03. The predicted molar refractivity (Wildman–Crippen MR) is 78.8 cm³/mol. The molecule has 1 aromatic heterocycles. The Balaban J connectivity index is 2.60. The molecular formula is C15H25N3O. The summed E-state index contributed by atoms with van der Waals surface area (Å²) < 4.78 is 5.84. The Labute approximate surface area is 115 Å². The molecule has 1 rings (SSSR count). The number of rotatable bonds is 8. The molecule has 4 heteroatoms. The second kappa shape index (κ2) is 7.77. The Morgan fingerprint density at radius 1 is 1.37 bits per heavy atom. The van der Waals surface area contributed by atoms with E-state index in [0.29, 0.717) is 11.4 Å². The standard InChI is InChI=1S/C15H25N3O/c1-4-5-6-7-8-12(3)19-15-13(14(16)17)10-9-11(2)18-15/h9-10,12H,4-8H2,1-3H3,(H3,16,17). The van der Waals surface area contributed by atoms with Crippen molar-refractivity contribution in [2.45, 2.75) is 59.0 Å². The summed E-state index contributed by atoms with van der Waals surface area (Å²) in [5.74, 6) is 0.483. The molecule has 0 aliphatic carbocycles. The number of aromatic nitrogens is 1. The lowest BCUT2D eigenvalue weighted by molar-refractivity contribution is 0.197. The first-order valence-electron chi connectivity index (χ1n) is 7.03. The molecule has 1 unspecified atom stereocenters. The van der Waals surface area contributed by atoms with Crippen molar-refractivity contribution in [3.8, 4) is 5.88 Å². The summed E-state index contributed by atoms with van der Waals surface area (Å²) >= 11 is 0. The third kappa shape index (κ3) is 5.28. The maximum atomic E-state index is 7.54. The summed E-state index contributed by atoms with van der Waals surface area (Å²) in [6.45, 7) is 6.15. The second-order valence-electron chi connectivity index (χ2n) is 5.00. The zero-order valence-corrected chi connectivity index (χ0v) is 12.2. The van der Waals surface area contributed by atoms with Gasteiger partial charge in [0.15, 0.2) is 0 Å². The fraction of sp³-hybridized carbons (Fsp3) is 0.600. The van der Waals surface area contributed by atoms with Gasteiger partial charge in [-0.05, 0) is 38.8 Å². The molecule has 0 radical (unpaired) electrons. The fourth-order valence-electron chi connectivity index (χ4n) is 1.94. The lowest BCUT2D eigenvalue weighted by Gasteiger charge is -2.16. The summed E-state index contributed by atoms with van der Waals surface area (Å²) in [6.07, 6.45) is 6.02. The Bertz CT molecular complexity index is 418. The number of hydrogen-bond acceptors (Lipinski definition) is 3. The van der Waals surface area contributed by atoms with Crippen molar-refractivity contribution in [2.24, 2.45) is 5.73 Å². The first-order chi connectivity index (χ1) is 9.04. The van der Waals surface area contributed by atoms with E-state index in [1.807, 2.05) is 19.9 Å². The van der Waals surface area contributed by atoms with E-state index in [-0.39, 0.29) is 11.9 Å². The average Bonchev–Trinajstić information content (AvgIpc) is 2.34. The van der Waals surface area contributed by atoms with Gasteiger partial charge in [-0.2, -0.15) is 0 Å². The van der Waals surface area contributed by atoms with Crippen molar-refractivity contribution >= 4 is 5.84 Å². The highest BCUT2D eigenvalue weighted by Gasteiger charge is 2.12. The van der Waals surface area contributed by atoms with Gasteiger partial charge in [0, 0.05) is 5.69 Å². The van der Waals surface area contributed by atoms with Crippen molar-refractivity contribution in [1.29, 1.82) is 5.41 Å². The van der Waals surface area contributed by atoms with E-state index >= 15 is 0 Å². The van der Waals surface area contributed by atoms with E-state index in [9.17, 15) is 0 Å². The molecule has 1 atom stereocenters. The van der Waals surface area contributed by atoms with Gasteiger partial charge in [0.25, 0.3) is 0 Å². The first kappa shape index (κ1) is 15.5. The Kier molecular flexibility index (Phi) is 6.33. The second-order valence-corrected chi connectivity index (χ2v) is 5.00. The summed E-state index contributed by atoms with van der Waals surface area (Å²) in [4.78, 5) is 4.34. The molecule has 106 valence electrons. The molecule has 0 saturated heterocycles. The van der Waals surface area contributed by atoms with Crippen LogP contribution in [0.15, 0.2) is 12.1 Å². The Hall–Kier alpha value is -1.58. The minimum Gasteiger partial charge on any atom is -0.474 e. The van der Waals surface area contributed by atoms with Gasteiger partial charge in [-0.3, -0.25) is 5.41 Å². The molecule has 0 amide bonds. The topological polar surface area (TPSA) is 72.0 Å². The van der Waals surface area contributed by atoms with E-state index in [1.165, 1.54) is 19.3 Å². The molecule has 0 bridgehead atoms. The van der Waals surface area contributed by atoms with E-state index in [2.05, 4.69) is 11.9 Å². The highest BCUT2D eigenvalue weighted by atomic mass is 16.5. The lowest BCUT2D eigenvalue weighted by Crippen LogP contribution is -2.18. The number of nitrogens with two attached hydrogens (primary N) is 1. The number of nitrogens with one attached hydrogen (secondary N) is 1. The summed E-state index contributed by atoms with van der Waals surface area (Å²) in [5, 5.41) is 7.54. The van der Waals surface area contributed by atoms with Crippen LogP contribution in [0.5, 0.6) is 5.88 Å². The van der Waals surface area contributed by atoms with Gasteiger partial charge < -0.3 is 10.5 Å². The van der Waals surface area contributed by atoms with Gasteiger partial charge in [-0.15, -0.1) is 0 Å². The van der Waals surface area contributed by atoms with Crippen LogP contribution in [-0.2, 0) is 0 Å². The van der Waals surface area contributed by atoms with Gasteiger partial charge in [0.05, 0.1) is 11.7 Å². The molecule has 0 spiro atoms. The van der Waals surface area contributed by atoms with Crippen LogP contribution in [0.4, 0.5) is 0 Å². The molecule has 4 nitrogen and oxygen atoms in total. The zero-order chi connectivity index (χ0) is 14.3. The van der Waals surface area contributed by atoms with Crippen LogP contribution in [0.3, 0.4) is 0 Å². The van der Waals surface area contributed by atoms with E-state index in [0.717, 1.165) is 18.5 Å². The third-order valence-electron chi connectivity index (χ3n) is 3.07. The van der Waals surface area contributed by atoms with Crippen LogP contribution < -0.4 is 10.5 Å². The Morgan fingerprint density at radius 3 is 2.74 bits per heavy atom. The lowest BCUT2D eigenvalue weighted by atomic mass is 10.1. The van der Waals surface area contributed by atoms with Crippen LogP contribution in [0.2, 0.25) is 0 Å². The third-order valence-corrected chi connectivity index (χ3v) is 3.07. The largest absolute Gasteiger partial charge is 0.474 e. The molecule has 3 N–H and O–H groups in total. The van der Waals surface area contributed by atoms with E-state index < -0.39 is 0 Å². The van der Waals surface area contributed by atoms with Crippen LogP contribution in [0, 0.1) is 12.3 Å². The SMILES string of the molecule is CCCCCCC(C)Oc1nc(C)ccc1C(=N)N. The van der Waals surface area contributed by atoms with Crippen LogP contribution in [-0.4, -0.2) is 16.9 Å². The molecule has 19 heavy (non-hydrogen) atoms. The van der Waals surface area contributed by atoms with Crippen molar-refractivity contribution in [1.82, 2.24) is 4.98 Å². The van der Waals surface area contributed by atoms with E-state index in [4.69, 9.17) is 15.9 Å². The van der Waals surface area contributed by atoms with E-state index in [1.54, 1.807) is 6.07 Å². The number of pyridine rings is 1. The van der Waals surface area contributed by atoms with Crippen molar-refractivity contribution in [3.05, 3.63) is 23.4 Å². The van der Waals surface area contributed by atoms with Gasteiger partial charge in [-0.1, -0.05) is 26.2 Å². The summed E-state index contributed by atoms with van der Waals surface area (Å²) in [6, 6.07) is 3.64. The maximum absolute atomic E-state index is 7.54. The van der Waals surface area contributed by atoms with Gasteiger partial charge in [-0.25, -0.2) is 4.98 Å². The summed E-state index contributed by atoms with van der Waals surface area (Å²) in [7, 11) is 0. The smallest absolute Gasteiger partial charge is 0.224 e. The minimum atomic E-state index is 0.000632. The molecular weight excluding hydrogens is 238 g/mol. The predicted octanol–water partition coefficient (Wildman–Crippen LogP) is 3.41. The Morgan fingerprint density at radius 2 is 2.11 bits per heavy atom. The molecule has 0 saturated carbocycles. The zero-order valence-electron chi connectivity index (χ0n) is 12.2. The number of hydrogen-bond donors (Lipinski definition) is 2. The molecule has 1 heterocycles. The molecule has 0 aromatic carbocycles. The number of ether oxygens (including phenoxy) is 1. The van der Waals surface area contributed by atoms with Gasteiger partial charge >= 0.3 is 0 Å². The quantitative estimate of drug-likeness (QED) is 0.429. The number of nitrogens with zero attached hydrogens (tertiary/aromatic N) is 1. The van der Waals surface area contributed by atoms with Crippen LogP contribution in [0.1, 0.15) is 57.2 Å². The van der Waals surface area contributed by atoms with Crippen molar-refractivity contribution < 1.29 is 4.74 Å². The van der Waals surface area contributed by atoms with Gasteiger partial charge in [0.1, 0.15) is 5.84 Å². The minimum absolute atomic E-state index is 0.000632. The number of unbranched alkanes of at least 4 members (excludes halogenated alkanes) is 3. The van der Waals surface area contributed by atoms with Gasteiger partial charge in [0.2, 0.25) is 5.88 Å². The number of nitrogen functional groups attached to an aromatic ring is 1. The van der Waals surface area contributed by atoms with Crippen LogP contribution >= 0.6 is 0 Å². The highest BCUT2D eigenvalue weighted by Crippen LogP contribution is 2.19. The van der Waals surface area contributed by atoms with Crippen molar-refractivity contribution in [2.75, 3.05) is 0 Å². The molecule has 1 aromatic rings. The maximum Gasteiger partial charge on any atom is 0.224 e. The van der Waals surface area contributed by atoms with Crippen LogP contribution in [0.25, 0.3) is 0 Å².